The summed E-state index contributed by atoms with van der Waals surface area (Å²) in [5.74, 6) is 0.0330. The highest BCUT2D eigenvalue weighted by Crippen LogP contribution is 2.30. The van der Waals surface area contributed by atoms with Gasteiger partial charge in [0.1, 0.15) is 17.9 Å². The molecule has 3 rings (SSSR count). The van der Waals surface area contributed by atoms with Crippen LogP contribution in [0.5, 0.6) is 5.75 Å². The van der Waals surface area contributed by atoms with E-state index in [0.29, 0.717) is 22.9 Å². The number of ether oxygens (including phenoxy) is 2. The Morgan fingerprint density at radius 3 is 2.65 bits per heavy atom. The van der Waals surface area contributed by atoms with E-state index in [9.17, 15) is 4.79 Å². The van der Waals surface area contributed by atoms with Crippen LogP contribution in [0.15, 0.2) is 54.6 Å². The largest absolute Gasteiger partial charge is 0.487 e. The fourth-order valence-corrected chi connectivity index (χ4v) is 2.50. The van der Waals surface area contributed by atoms with E-state index in [2.05, 4.69) is 4.98 Å². The Kier molecular flexibility index (Phi) is 4.44. The van der Waals surface area contributed by atoms with E-state index >= 15 is 0 Å². The second kappa shape index (κ2) is 6.67. The van der Waals surface area contributed by atoms with E-state index in [1.165, 1.54) is 13.2 Å². The molecule has 0 N–H and O–H groups in total. The summed E-state index contributed by atoms with van der Waals surface area (Å²) in [6, 6.07) is 16.8. The highest BCUT2D eigenvalue weighted by Gasteiger charge is 2.14. The average Bonchev–Trinajstić information content (AvgIpc) is 2.60. The van der Waals surface area contributed by atoms with Crippen LogP contribution >= 0.6 is 11.6 Å². The fraction of sp³-hybridized carbons (Fsp3) is 0.111. The van der Waals surface area contributed by atoms with Crippen LogP contribution in [0.4, 0.5) is 0 Å². The number of benzene rings is 2. The number of halogens is 1. The van der Waals surface area contributed by atoms with Gasteiger partial charge < -0.3 is 9.47 Å². The average molecular weight is 328 g/mol. The minimum atomic E-state index is -0.535. The van der Waals surface area contributed by atoms with Crippen molar-refractivity contribution in [1.29, 1.82) is 0 Å². The van der Waals surface area contributed by atoms with Crippen LogP contribution in [0, 0.1) is 0 Å². The molecule has 0 amide bonds. The number of rotatable bonds is 4. The number of nitrogens with zero attached hydrogens (tertiary/aromatic N) is 1. The molecule has 1 heterocycles. The van der Waals surface area contributed by atoms with Crippen LogP contribution in [-0.4, -0.2) is 18.1 Å². The van der Waals surface area contributed by atoms with Crippen LogP contribution in [0.3, 0.4) is 0 Å². The van der Waals surface area contributed by atoms with Gasteiger partial charge in [-0.2, -0.15) is 0 Å². The Balaban J connectivity index is 1.99. The Bertz CT molecular complexity index is 850. The zero-order valence-electron chi connectivity index (χ0n) is 12.5. The molecule has 116 valence electrons. The summed E-state index contributed by atoms with van der Waals surface area (Å²) in [5.41, 5.74) is 1.73. The van der Waals surface area contributed by atoms with Gasteiger partial charge in [0.2, 0.25) is 0 Å². The van der Waals surface area contributed by atoms with Gasteiger partial charge in [-0.15, -0.1) is 0 Å². The lowest BCUT2D eigenvalue weighted by Gasteiger charge is -2.10. The molecule has 0 spiro atoms. The van der Waals surface area contributed by atoms with Crippen molar-refractivity contribution in [3.05, 3.63) is 70.9 Å². The van der Waals surface area contributed by atoms with Gasteiger partial charge in [0, 0.05) is 5.39 Å². The summed E-state index contributed by atoms with van der Waals surface area (Å²) >= 11 is 6.25. The molecule has 4 nitrogen and oxygen atoms in total. The summed E-state index contributed by atoms with van der Waals surface area (Å²) in [4.78, 5) is 16.1. The molecule has 2 aromatic carbocycles. The van der Waals surface area contributed by atoms with Gasteiger partial charge in [-0.25, -0.2) is 9.78 Å². The molecule has 0 aliphatic rings. The molecule has 0 fully saturated rings. The van der Waals surface area contributed by atoms with Crippen LogP contribution in [0.25, 0.3) is 10.9 Å². The molecule has 0 saturated carbocycles. The lowest BCUT2D eigenvalue weighted by molar-refractivity contribution is 0.0594. The molecule has 3 aromatic rings. The number of pyridine rings is 1. The van der Waals surface area contributed by atoms with E-state index in [1.807, 2.05) is 42.5 Å². The Morgan fingerprint density at radius 2 is 1.91 bits per heavy atom. The van der Waals surface area contributed by atoms with Crippen molar-refractivity contribution in [3.63, 3.8) is 0 Å². The van der Waals surface area contributed by atoms with Crippen molar-refractivity contribution in [2.24, 2.45) is 0 Å². The quantitative estimate of drug-likeness (QED) is 0.672. The summed E-state index contributed by atoms with van der Waals surface area (Å²) in [6.07, 6.45) is 0. The molecule has 0 unspecified atom stereocenters. The maximum Gasteiger partial charge on any atom is 0.356 e. The molecule has 0 saturated heterocycles. The minimum absolute atomic E-state index is 0.153. The van der Waals surface area contributed by atoms with Crippen LogP contribution in [0.1, 0.15) is 16.1 Å². The highest BCUT2D eigenvalue weighted by atomic mass is 35.5. The summed E-state index contributed by atoms with van der Waals surface area (Å²) in [6.45, 7) is 0.404. The van der Waals surface area contributed by atoms with Gasteiger partial charge in [0.25, 0.3) is 0 Å². The molecular formula is C18H14ClNO3. The number of hydrogen-bond donors (Lipinski definition) is 0. The first kappa shape index (κ1) is 15.3. The predicted octanol–water partition coefficient (Wildman–Crippen LogP) is 4.25. The first-order valence-electron chi connectivity index (χ1n) is 7.03. The predicted molar refractivity (Wildman–Crippen MR) is 88.9 cm³/mol. The van der Waals surface area contributed by atoms with Gasteiger partial charge in [0.05, 0.1) is 12.1 Å². The molecule has 0 radical (unpaired) electrons. The number of aromatic nitrogens is 1. The molecule has 0 bridgehead atoms. The topological polar surface area (TPSA) is 48.4 Å². The molecular weight excluding hydrogens is 314 g/mol. The number of fused-ring (bicyclic) bond motifs is 1. The Hall–Kier alpha value is -2.59. The molecule has 0 aliphatic carbocycles. The molecule has 1 aromatic heterocycles. The number of para-hydroxylation sites is 1. The highest BCUT2D eigenvalue weighted by molar-refractivity contribution is 6.35. The molecule has 0 aliphatic heterocycles. The van der Waals surface area contributed by atoms with E-state index < -0.39 is 5.97 Å². The summed E-state index contributed by atoms with van der Waals surface area (Å²) < 4.78 is 10.6. The minimum Gasteiger partial charge on any atom is -0.487 e. The number of esters is 1. The first-order chi connectivity index (χ1) is 11.2. The van der Waals surface area contributed by atoms with Crippen molar-refractivity contribution < 1.29 is 14.3 Å². The zero-order chi connectivity index (χ0) is 16.2. The zero-order valence-corrected chi connectivity index (χ0v) is 13.2. The van der Waals surface area contributed by atoms with Gasteiger partial charge >= 0.3 is 5.97 Å². The van der Waals surface area contributed by atoms with E-state index in [1.54, 1.807) is 6.07 Å². The summed E-state index contributed by atoms with van der Waals surface area (Å²) in [5, 5.41) is 1.16. The maximum atomic E-state index is 11.7. The lowest BCUT2D eigenvalue weighted by Crippen LogP contribution is -2.05. The van der Waals surface area contributed by atoms with E-state index in [0.717, 1.165) is 10.9 Å². The third kappa shape index (κ3) is 3.27. The maximum absolute atomic E-state index is 11.7. The number of hydrogen-bond acceptors (Lipinski definition) is 4. The van der Waals surface area contributed by atoms with Gasteiger partial charge in [-0.3, -0.25) is 0 Å². The van der Waals surface area contributed by atoms with Gasteiger partial charge in [0.15, 0.2) is 5.69 Å². The third-order valence-electron chi connectivity index (χ3n) is 3.38. The van der Waals surface area contributed by atoms with Crippen molar-refractivity contribution in [2.45, 2.75) is 6.61 Å². The number of methoxy groups -OCH3 is 1. The first-order valence-corrected chi connectivity index (χ1v) is 7.41. The van der Waals surface area contributed by atoms with E-state index in [4.69, 9.17) is 21.1 Å². The normalized spacial score (nSPS) is 10.5. The monoisotopic (exact) mass is 327 g/mol. The Labute approximate surface area is 138 Å². The van der Waals surface area contributed by atoms with E-state index in [-0.39, 0.29) is 5.69 Å². The van der Waals surface area contributed by atoms with Gasteiger partial charge in [-0.05, 0) is 17.7 Å². The molecule has 5 heteroatoms. The van der Waals surface area contributed by atoms with Gasteiger partial charge in [-0.1, -0.05) is 54.1 Å². The van der Waals surface area contributed by atoms with Crippen molar-refractivity contribution in [3.8, 4) is 5.75 Å². The smallest absolute Gasteiger partial charge is 0.356 e. The van der Waals surface area contributed by atoms with Crippen molar-refractivity contribution >= 4 is 28.5 Å². The number of carbonyl (C=O) groups is 1. The second-order valence-electron chi connectivity index (χ2n) is 4.91. The third-order valence-corrected chi connectivity index (χ3v) is 3.70. The Morgan fingerprint density at radius 1 is 1.13 bits per heavy atom. The second-order valence-corrected chi connectivity index (χ2v) is 5.31. The molecule has 0 atom stereocenters. The number of carbonyl (C=O) groups excluding carboxylic acids is 1. The SMILES string of the molecule is COC(=O)c1cc(Cl)c2cccc(OCc3ccccc3)c2n1. The summed E-state index contributed by atoms with van der Waals surface area (Å²) in [7, 11) is 1.31. The van der Waals surface area contributed by atoms with Crippen molar-refractivity contribution in [2.75, 3.05) is 7.11 Å². The molecule has 23 heavy (non-hydrogen) atoms. The fourth-order valence-electron chi connectivity index (χ4n) is 2.24. The van der Waals surface area contributed by atoms with Crippen LogP contribution in [-0.2, 0) is 11.3 Å². The van der Waals surface area contributed by atoms with Crippen LogP contribution in [0.2, 0.25) is 5.02 Å². The lowest BCUT2D eigenvalue weighted by atomic mass is 10.2. The standard InChI is InChI=1S/C18H14ClNO3/c1-22-18(21)15-10-14(19)13-8-5-9-16(17(13)20-15)23-11-12-6-3-2-4-7-12/h2-10H,11H2,1H3. The van der Waals surface area contributed by atoms with Crippen LogP contribution < -0.4 is 4.74 Å². The van der Waals surface area contributed by atoms with Crippen molar-refractivity contribution in [1.82, 2.24) is 4.98 Å².